The number of piperazine rings is 1. The number of nitrogens with one attached hydrogen (secondary N) is 1. The smallest absolute Gasteiger partial charge is 0.196 e. The van der Waals surface area contributed by atoms with Gasteiger partial charge in [-0.3, -0.25) is 4.98 Å². The third-order valence-electron chi connectivity index (χ3n) is 5.80. The van der Waals surface area contributed by atoms with Gasteiger partial charge in [0.2, 0.25) is 0 Å². The lowest BCUT2D eigenvalue weighted by Gasteiger charge is -2.41. The van der Waals surface area contributed by atoms with Gasteiger partial charge in [0.25, 0.3) is 0 Å². The zero-order valence-electron chi connectivity index (χ0n) is 18.6. The van der Waals surface area contributed by atoms with Gasteiger partial charge in [0, 0.05) is 44.1 Å². The maximum absolute atomic E-state index is 6.43. The van der Waals surface area contributed by atoms with E-state index in [9.17, 15) is 0 Å². The summed E-state index contributed by atoms with van der Waals surface area (Å²) in [6.45, 7) is 6.55. The van der Waals surface area contributed by atoms with E-state index in [4.69, 9.17) is 10.5 Å². The second-order valence-corrected chi connectivity index (χ2v) is 8.14. The van der Waals surface area contributed by atoms with Crippen molar-refractivity contribution in [2.45, 2.75) is 19.9 Å². The number of nitrogens with zero attached hydrogens (tertiary/aromatic N) is 6. The molecule has 0 bridgehead atoms. The van der Waals surface area contributed by atoms with E-state index in [0.717, 1.165) is 47.7 Å². The Morgan fingerprint density at radius 1 is 1.18 bits per heavy atom. The summed E-state index contributed by atoms with van der Waals surface area (Å²) in [7, 11) is 0. The first-order valence-corrected chi connectivity index (χ1v) is 10.9. The molecule has 0 spiro atoms. The van der Waals surface area contributed by atoms with E-state index in [1.54, 1.807) is 18.7 Å². The number of aryl methyl sites for hydroxylation is 1. The Hall–Kier alpha value is -4.14. The summed E-state index contributed by atoms with van der Waals surface area (Å²) in [5, 5.41) is 1.07. The molecular weight excluding hydrogens is 416 g/mol. The van der Waals surface area contributed by atoms with E-state index in [2.05, 4.69) is 48.6 Å². The molecule has 1 aromatic carbocycles. The fourth-order valence-electron chi connectivity index (χ4n) is 4.18. The fraction of sp³-hybridized carbons (Fsp3) is 0.250. The number of aromatic amines is 1. The predicted molar refractivity (Wildman–Crippen MR) is 129 cm³/mol. The van der Waals surface area contributed by atoms with Gasteiger partial charge >= 0.3 is 0 Å². The minimum Gasteiger partial charge on any atom is -0.456 e. The van der Waals surface area contributed by atoms with Crippen molar-refractivity contribution in [3.05, 3.63) is 66.9 Å². The lowest BCUT2D eigenvalue weighted by Crippen LogP contribution is -2.56. The zero-order chi connectivity index (χ0) is 22.8. The summed E-state index contributed by atoms with van der Waals surface area (Å²) in [5.74, 6) is 2.81. The fourth-order valence-corrected chi connectivity index (χ4v) is 4.18. The third-order valence-corrected chi connectivity index (χ3v) is 5.80. The van der Waals surface area contributed by atoms with Crippen LogP contribution < -0.4 is 15.4 Å². The highest BCUT2D eigenvalue weighted by Crippen LogP contribution is 2.28. The molecule has 5 rings (SSSR count). The van der Waals surface area contributed by atoms with Gasteiger partial charge in [-0.1, -0.05) is 6.07 Å². The number of fused-ring (bicyclic) bond motifs is 1. The Kier molecular flexibility index (Phi) is 5.52. The Bertz CT molecular complexity index is 1290. The number of hydrogen-bond donors (Lipinski definition) is 2. The minimum atomic E-state index is 0.168. The Morgan fingerprint density at radius 2 is 2.06 bits per heavy atom. The highest BCUT2D eigenvalue weighted by molar-refractivity contribution is 5.90. The first kappa shape index (κ1) is 20.7. The Morgan fingerprint density at radius 3 is 2.88 bits per heavy atom. The molecule has 168 valence electrons. The number of aliphatic imine (C=N–C) groups is 1. The number of rotatable bonds is 4. The molecule has 0 amide bonds. The molecule has 1 atom stereocenters. The molecular formula is C24H26N8O. The van der Waals surface area contributed by atoms with Gasteiger partial charge in [0.1, 0.15) is 29.3 Å². The number of H-pyrrole nitrogens is 1. The zero-order valence-corrected chi connectivity index (χ0v) is 18.6. The average Bonchev–Trinajstić information content (AvgIpc) is 3.21. The number of anilines is 1. The van der Waals surface area contributed by atoms with Crippen molar-refractivity contribution in [1.29, 1.82) is 0 Å². The maximum atomic E-state index is 6.43. The number of nitrogens with two attached hydrogens (primary N) is 1. The summed E-state index contributed by atoms with van der Waals surface area (Å²) < 4.78 is 5.86. The van der Waals surface area contributed by atoms with Crippen LogP contribution in [0.1, 0.15) is 12.5 Å². The quantitative estimate of drug-likeness (QED) is 0.367. The number of pyridine rings is 1. The molecule has 4 aromatic rings. The molecule has 1 aliphatic rings. The van der Waals surface area contributed by atoms with Crippen molar-refractivity contribution in [2.75, 3.05) is 24.5 Å². The second kappa shape index (κ2) is 8.78. The topological polar surface area (TPSA) is 109 Å². The summed E-state index contributed by atoms with van der Waals surface area (Å²) >= 11 is 0. The van der Waals surface area contributed by atoms with E-state index in [1.165, 1.54) is 0 Å². The van der Waals surface area contributed by atoms with Crippen LogP contribution >= 0.6 is 0 Å². The van der Waals surface area contributed by atoms with Gasteiger partial charge < -0.3 is 25.3 Å². The summed E-state index contributed by atoms with van der Waals surface area (Å²) in [4.78, 5) is 25.3. The van der Waals surface area contributed by atoms with Gasteiger partial charge in [0.05, 0.1) is 17.3 Å². The highest BCUT2D eigenvalue weighted by Gasteiger charge is 2.27. The molecule has 0 saturated carbocycles. The second-order valence-electron chi connectivity index (χ2n) is 8.14. The standard InChI is InChI=1S/C24H26N8O/c1-16-12-27-22-21(16)23(29-15-28-22)31-9-10-32(17(2)14-31)24(25)30-18-5-3-6-19(11-18)33-20-7-4-8-26-13-20/h3-8,11-13,15,17H,9-10,14H2,1-2H3,(H2,25,30)(H,27,28,29)/t17-/m0/s1. The van der Waals surface area contributed by atoms with Crippen molar-refractivity contribution in [2.24, 2.45) is 10.7 Å². The number of aromatic nitrogens is 4. The van der Waals surface area contributed by atoms with Crippen LogP contribution in [0.4, 0.5) is 11.5 Å². The van der Waals surface area contributed by atoms with E-state index < -0.39 is 0 Å². The van der Waals surface area contributed by atoms with Gasteiger partial charge in [0.15, 0.2) is 5.96 Å². The molecule has 1 fully saturated rings. The van der Waals surface area contributed by atoms with E-state index in [0.29, 0.717) is 17.5 Å². The Labute approximate surface area is 192 Å². The third kappa shape index (κ3) is 4.30. The molecule has 3 aromatic heterocycles. The normalized spacial score (nSPS) is 16.9. The number of ether oxygens (including phenoxy) is 1. The highest BCUT2D eigenvalue weighted by atomic mass is 16.5. The van der Waals surface area contributed by atoms with E-state index in [-0.39, 0.29) is 6.04 Å². The van der Waals surface area contributed by atoms with Gasteiger partial charge in [-0.2, -0.15) is 0 Å². The monoisotopic (exact) mass is 442 g/mol. The SMILES string of the molecule is Cc1c[nH]c2ncnc(N3CCN(C(N)=Nc4cccc(Oc5cccnc5)c4)[C@@H](C)C3)c12. The molecule has 1 aliphatic heterocycles. The van der Waals surface area contributed by atoms with Crippen LogP contribution in [0.15, 0.2) is 66.3 Å². The molecule has 33 heavy (non-hydrogen) atoms. The van der Waals surface area contributed by atoms with Crippen molar-refractivity contribution in [1.82, 2.24) is 24.8 Å². The van der Waals surface area contributed by atoms with Crippen molar-refractivity contribution in [3.63, 3.8) is 0 Å². The van der Waals surface area contributed by atoms with Crippen LogP contribution in [-0.2, 0) is 0 Å². The van der Waals surface area contributed by atoms with E-state index in [1.807, 2.05) is 42.6 Å². The van der Waals surface area contributed by atoms with E-state index >= 15 is 0 Å². The number of guanidine groups is 1. The van der Waals surface area contributed by atoms with Crippen LogP contribution in [0.5, 0.6) is 11.5 Å². The molecule has 3 N–H and O–H groups in total. The van der Waals surface area contributed by atoms with Crippen LogP contribution in [-0.4, -0.2) is 56.5 Å². The molecule has 1 saturated heterocycles. The van der Waals surface area contributed by atoms with Crippen molar-refractivity contribution >= 4 is 28.5 Å². The number of hydrogen-bond acceptors (Lipinski definition) is 6. The predicted octanol–water partition coefficient (Wildman–Crippen LogP) is 3.61. The van der Waals surface area contributed by atoms with Gasteiger partial charge in [-0.25, -0.2) is 15.0 Å². The summed E-state index contributed by atoms with van der Waals surface area (Å²) in [6.07, 6.45) is 6.97. The maximum Gasteiger partial charge on any atom is 0.196 e. The van der Waals surface area contributed by atoms with Crippen molar-refractivity contribution < 1.29 is 4.74 Å². The molecule has 0 aliphatic carbocycles. The molecule has 9 heteroatoms. The summed E-state index contributed by atoms with van der Waals surface area (Å²) in [5.41, 5.74) is 9.18. The average molecular weight is 443 g/mol. The lowest BCUT2D eigenvalue weighted by molar-refractivity contribution is 0.294. The van der Waals surface area contributed by atoms with Crippen LogP contribution in [0.2, 0.25) is 0 Å². The molecule has 0 radical (unpaired) electrons. The van der Waals surface area contributed by atoms with Gasteiger partial charge in [-0.15, -0.1) is 0 Å². The Balaban J connectivity index is 1.31. The largest absolute Gasteiger partial charge is 0.456 e. The van der Waals surface area contributed by atoms with Gasteiger partial charge in [-0.05, 0) is 43.7 Å². The minimum absolute atomic E-state index is 0.168. The van der Waals surface area contributed by atoms with Crippen LogP contribution in [0.3, 0.4) is 0 Å². The van der Waals surface area contributed by atoms with Crippen LogP contribution in [0.25, 0.3) is 11.0 Å². The summed E-state index contributed by atoms with van der Waals surface area (Å²) in [6, 6.07) is 11.4. The molecule has 0 unspecified atom stereocenters. The van der Waals surface area contributed by atoms with Crippen molar-refractivity contribution in [3.8, 4) is 11.5 Å². The number of benzene rings is 1. The van der Waals surface area contributed by atoms with Crippen LogP contribution in [0, 0.1) is 6.92 Å². The molecule has 4 heterocycles. The lowest BCUT2D eigenvalue weighted by atomic mass is 10.1. The first-order chi connectivity index (χ1) is 16.1. The first-order valence-electron chi connectivity index (χ1n) is 10.9. The molecule has 9 nitrogen and oxygen atoms in total.